The molecule has 0 spiro atoms. The molecule has 3 N–H and O–H groups in total. The van der Waals surface area contributed by atoms with Crippen LogP contribution in [0.1, 0.15) is 27.3 Å². The average Bonchev–Trinajstić information content (AvgIpc) is 2.88. The molecule has 1 aromatic heterocycles. The van der Waals surface area contributed by atoms with Gasteiger partial charge in [0.05, 0.1) is 18.4 Å². The predicted molar refractivity (Wildman–Crippen MR) is 95.3 cm³/mol. The summed E-state index contributed by atoms with van der Waals surface area (Å²) in [5.41, 5.74) is 7.44. The molecule has 1 amide bonds. The van der Waals surface area contributed by atoms with Crippen molar-refractivity contribution in [1.82, 2.24) is 4.98 Å². The number of fused-ring (bicyclic) bond motifs is 1. The highest BCUT2D eigenvalue weighted by Gasteiger charge is 2.21. The van der Waals surface area contributed by atoms with E-state index >= 15 is 0 Å². The molecule has 0 unspecified atom stereocenters. The molecule has 0 saturated heterocycles. The SMILES string of the molecule is COc1cc(Cl)ccc1C(=O)Nc1nc2c(s1)C[C@@H](N)CC2.Cl. The lowest BCUT2D eigenvalue weighted by atomic mass is 9.99. The number of rotatable bonds is 3. The molecule has 124 valence electrons. The molecule has 1 atom stereocenters. The number of methoxy groups -OCH3 is 1. The molecule has 1 heterocycles. The Hall–Kier alpha value is -1.34. The van der Waals surface area contributed by atoms with Gasteiger partial charge in [0.15, 0.2) is 5.13 Å². The molecule has 0 radical (unpaired) electrons. The van der Waals surface area contributed by atoms with Gasteiger partial charge >= 0.3 is 0 Å². The van der Waals surface area contributed by atoms with E-state index in [9.17, 15) is 4.79 Å². The first-order chi connectivity index (χ1) is 10.6. The van der Waals surface area contributed by atoms with Crippen molar-refractivity contribution in [2.24, 2.45) is 5.73 Å². The van der Waals surface area contributed by atoms with Gasteiger partial charge in [-0.15, -0.1) is 23.7 Å². The third-order valence-corrected chi connectivity index (χ3v) is 4.88. The molecule has 8 heteroatoms. The minimum absolute atomic E-state index is 0. The molecular formula is C15H17Cl2N3O2S. The van der Waals surface area contributed by atoms with Crippen molar-refractivity contribution in [2.45, 2.75) is 25.3 Å². The number of aromatic nitrogens is 1. The predicted octanol–water partition coefficient (Wildman–Crippen LogP) is 3.30. The summed E-state index contributed by atoms with van der Waals surface area (Å²) in [4.78, 5) is 18.0. The van der Waals surface area contributed by atoms with Gasteiger partial charge in [0.2, 0.25) is 0 Å². The molecule has 5 nitrogen and oxygen atoms in total. The van der Waals surface area contributed by atoms with Crippen LogP contribution in [0.25, 0.3) is 0 Å². The summed E-state index contributed by atoms with van der Waals surface area (Å²) in [6.45, 7) is 0. The van der Waals surface area contributed by atoms with Crippen LogP contribution in [-0.2, 0) is 12.8 Å². The lowest BCUT2D eigenvalue weighted by Gasteiger charge is -2.15. The number of nitrogens with one attached hydrogen (secondary N) is 1. The van der Waals surface area contributed by atoms with Crippen LogP contribution >= 0.6 is 35.3 Å². The second kappa shape index (κ2) is 7.49. The summed E-state index contributed by atoms with van der Waals surface area (Å²) in [6.07, 6.45) is 2.63. The lowest BCUT2D eigenvalue weighted by Crippen LogP contribution is -2.27. The highest BCUT2D eigenvalue weighted by Crippen LogP contribution is 2.30. The number of halogens is 2. The maximum atomic E-state index is 12.4. The smallest absolute Gasteiger partial charge is 0.261 e. The van der Waals surface area contributed by atoms with Crippen molar-refractivity contribution in [3.8, 4) is 5.75 Å². The number of nitrogens with two attached hydrogens (primary N) is 1. The Kier molecular flexibility index (Phi) is 5.86. The van der Waals surface area contributed by atoms with Crippen LogP contribution in [0.5, 0.6) is 5.75 Å². The number of thiazole rings is 1. The summed E-state index contributed by atoms with van der Waals surface area (Å²) < 4.78 is 5.20. The third-order valence-electron chi connectivity index (χ3n) is 3.61. The van der Waals surface area contributed by atoms with Gasteiger partial charge in [0, 0.05) is 15.9 Å². The van der Waals surface area contributed by atoms with Gasteiger partial charge in [0.25, 0.3) is 5.91 Å². The summed E-state index contributed by atoms with van der Waals surface area (Å²) in [7, 11) is 1.51. The molecule has 0 fully saturated rings. The molecule has 0 aliphatic heterocycles. The van der Waals surface area contributed by atoms with Crippen molar-refractivity contribution >= 4 is 46.4 Å². The Morgan fingerprint density at radius 1 is 1.52 bits per heavy atom. The molecule has 2 aromatic rings. The highest BCUT2D eigenvalue weighted by atomic mass is 35.5. The second-order valence-corrected chi connectivity index (χ2v) is 6.71. The average molecular weight is 374 g/mol. The number of anilines is 1. The maximum absolute atomic E-state index is 12.4. The zero-order valence-electron chi connectivity index (χ0n) is 12.5. The standard InChI is InChI=1S/C15H16ClN3O2S.ClH/c1-21-12-6-8(16)2-4-10(12)14(20)19-15-18-11-5-3-9(17)7-13(11)22-15;/h2,4,6,9H,3,5,7,17H2,1H3,(H,18,19,20);1H/t9-;/m0./s1. The van der Waals surface area contributed by atoms with Crippen molar-refractivity contribution < 1.29 is 9.53 Å². The first-order valence-electron chi connectivity index (χ1n) is 6.96. The van der Waals surface area contributed by atoms with Gasteiger partial charge in [0.1, 0.15) is 5.75 Å². The van der Waals surface area contributed by atoms with Gasteiger partial charge in [-0.1, -0.05) is 11.6 Å². The Morgan fingerprint density at radius 3 is 3.04 bits per heavy atom. The topological polar surface area (TPSA) is 77.2 Å². The van der Waals surface area contributed by atoms with Crippen molar-refractivity contribution in [3.05, 3.63) is 39.4 Å². The van der Waals surface area contributed by atoms with E-state index in [0.29, 0.717) is 21.5 Å². The molecule has 1 aliphatic rings. The van der Waals surface area contributed by atoms with Crippen LogP contribution < -0.4 is 15.8 Å². The van der Waals surface area contributed by atoms with Gasteiger partial charge in [-0.05, 0) is 37.5 Å². The molecule has 3 rings (SSSR count). The normalized spacial score (nSPS) is 16.2. The van der Waals surface area contributed by atoms with E-state index in [1.165, 1.54) is 18.4 Å². The zero-order valence-corrected chi connectivity index (χ0v) is 14.9. The van der Waals surface area contributed by atoms with Crippen LogP contribution in [-0.4, -0.2) is 24.0 Å². The molecule has 0 bridgehead atoms. The number of carbonyl (C=O) groups excluding carboxylic acids is 1. The van der Waals surface area contributed by atoms with Crippen LogP contribution in [0.2, 0.25) is 5.02 Å². The number of hydrogen-bond donors (Lipinski definition) is 2. The van der Waals surface area contributed by atoms with E-state index in [-0.39, 0.29) is 24.4 Å². The number of aryl methyl sites for hydroxylation is 1. The summed E-state index contributed by atoms with van der Waals surface area (Å²) in [5.74, 6) is 0.178. The van der Waals surface area contributed by atoms with E-state index in [1.54, 1.807) is 18.2 Å². The van der Waals surface area contributed by atoms with Crippen LogP contribution in [0, 0.1) is 0 Å². The minimum Gasteiger partial charge on any atom is -0.496 e. The Bertz CT molecular complexity index is 721. The number of benzene rings is 1. The van der Waals surface area contributed by atoms with Gasteiger partial charge in [-0.3, -0.25) is 10.1 Å². The summed E-state index contributed by atoms with van der Waals surface area (Å²) >= 11 is 7.40. The number of carbonyl (C=O) groups is 1. The first kappa shape index (κ1) is 18.0. The lowest BCUT2D eigenvalue weighted by molar-refractivity contribution is 0.102. The Balaban J connectivity index is 0.00000192. The largest absolute Gasteiger partial charge is 0.496 e. The molecule has 23 heavy (non-hydrogen) atoms. The minimum atomic E-state index is -0.260. The van der Waals surface area contributed by atoms with E-state index in [1.807, 2.05) is 0 Å². The fourth-order valence-electron chi connectivity index (χ4n) is 2.47. The molecule has 1 aromatic carbocycles. The monoisotopic (exact) mass is 373 g/mol. The van der Waals surface area contributed by atoms with E-state index < -0.39 is 0 Å². The second-order valence-electron chi connectivity index (χ2n) is 5.19. The van der Waals surface area contributed by atoms with E-state index in [4.69, 9.17) is 22.1 Å². The van der Waals surface area contributed by atoms with Gasteiger partial charge in [-0.25, -0.2) is 4.98 Å². The highest BCUT2D eigenvalue weighted by molar-refractivity contribution is 7.15. The fraction of sp³-hybridized carbons (Fsp3) is 0.333. The van der Waals surface area contributed by atoms with Crippen LogP contribution in [0.15, 0.2) is 18.2 Å². The van der Waals surface area contributed by atoms with Crippen molar-refractivity contribution in [3.63, 3.8) is 0 Å². The zero-order chi connectivity index (χ0) is 15.7. The molecular weight excluding hydrogens is 357 g/mol. The Morgan fingerprint density at radius 2 is 2.30 bits per heavy atom. The van der Waals surface area contributed by atoms with Crippen LogP contribution in [0.4, 0.5) is 5.13 Å². The van der Waals surface area contributed by atoms with Gasteiger partial charge in [-0.2, -0.15) is 0 Å². The van der Waals surface area contributed by atoms with Crippen molar-refractivity contribution in [2.75, 3.05) is 12.4 Å². The first-order valence-corrected chi connectivity index (χ1v) is 8.15. The Labute approximate surface area is 149 Å². The van der Waals surface area contributed by atoms with E-state index in [0.717, 1.165) is 29.8 Å². The number of hydrogen-bond acceptors (Lipinski definition) is 5. The maximum Gasteiger partial charge on any atom is 0.261 e. The molecule has 0 saturated carbocycles. The number of amides is 1. The number of ether oxygens (including phenoxy) is 1. The number of nitrogens with zero attached hydrogens (tertiary/aromatic N) is 1. The quantitative estimate of drug-likeness (QED) is 0.864. The van der Waals surface area contributed by atoms with E-state index in [2.05, 4.69) is 10.3 Å². The summed E-state index contributed by atoms with van der Waals surface area (Å²) in [5, 5.41) is 3.95. The molecule has 1 aliphatic carbocycles. The summed E-state index contributed by atoms with van der Waals surface area (Å²) in [6, 6.07) is 5.10. The fourth-order valence-corrected chi connectivity index (χ4v) is 3.73. The van der Waals surface area contributed by atoms with Crippen molar-refractivity contribution in [1.29, 1.82) is 0 Å². The van der Waals surface area contributed by atoms with Gasteiger partial charge < -0.3 is 10.5 Å². The van der Waals surface area contributed by atoms with Crippen LogP contribution in [0.3, 0.4) is 0 Å². The third kappa shape index (κ3) is 3.95.